The van der Waals surface area contributed by atoms with Gasteiger partial charge in [0.05, 0.1) is 0 Å². The highest BCUT2D eigenvalue weighted by Gasteiger charge is 2.33. The second-order valence-corrected chi connectivity index (χ2v) is 6.98. The van der Waals surface area contributed by atoms with Gasteiger partial charge in [0.15, 0.2) is 5.82 Å². The lowest BCUT2D eigenvalue weighted by molar-refractivity contribution is 0.456. The van der Waals surface area contributed by atoms with Crippen LogP contribution in [0.25, 0.3) is 0 Å². The number of aromatic nitrogens is 8. The van der Waals surface area contributed by atoms with Crippen LogP contribution < -0.4 is 4.90 Å². The summed E-state index contributed by atoms with van der Waals surface area (Å²) < 4.78 is 4.17. The van der Waals surface area contributed by atoms with Gasteiger partial charge < -0.3 is 9.47 Å². The summed E-state index contributed by atoms with van der Waals surface area (Å²) in [6, 6.07) is 2.40. The predicted octanol–water partition coefficient (Wildman–Crippen LogP) is 1.43. The molecule has 26 heavy (non-hydrogen) atoms. The molecule has 0 spiro atoms. The van der Waals surface area contributed by atoms with E-state index >= 15 is 0 Å². The van der Waals surface area contributed by atoms with E-state index in [1.54, 1.807) is 25.0 Å². The average molecular weight is 351 g/mol. The molecule has 1 aliphatic carbocycles. The minimum Gasteiger partial charge on any atom is -0.341 e. The average Bonchev–Trinajstić information content (AvgIpc) is 3.24. The number of hydrogen-bond acceptors (Lipinski definition) is 7. The summed E-state index contributed by atoms with van der Waals surface area (Å²) in [5.41, 5.74) is 0. The van der Waals surface area contributed by atoms with Gasteiger partial charge in [0.1, 0.15) is 25.0 Å². The standard InChI is InChI=1S/C17H21N9/c1-6-19-17(20-7-1)24-8-4-13(5-9-24)16-23-22-15(26(16)14-2-3-14)10-25-12-18-11-21-25/h1,6-7,11-14H,2-5,8-10H2. The van der Waals surface area contributed by atoms with E-state index in [0.29, 0.717) is 18.5 Å². The number of nitrogens with zero attached hydrogens (tertiary/aromatic N) is 9. The van der Waals surface area contributed by atoms with Crippen LogP contribution >= 0.6 is 0 Å². The van der Waals surface area contributed by atoms with E-state index in [-0.39, 0.29) is 0 Å². The maximum atomic E-state index is 4.58. The zero-order chi connectivity index (χ0) is 17.3. The van der Waals surface area contributed by atoms with E-state index < -0.39 is 0 Å². The van der Waals surface area contributed by atoms with Crippen molar-refractivity contribution in [1.82, 2.24) is 39.5 Å². The molecule has 0 atom stereocenters. The van der Waals surface area contributed by atoms with Gasteiger partial charge >= 0.3 is 0 Å². The molecule has 2 aliphatic rings. The Labute approximate surface area is 151 Å². The van der Waals surface area contributed by atoms with Gasteiger partial charge in [-0.05, 0) is 31.7 Å². The monoisotopic (exact) mass is 351 g/mol. The van der Waals surface area contributed by atoms with Crippen LogP contribution in [0.4, 0.5) is 5.95 Å². The first-order chi connectivity index (χ1) is 12.9. The van der Waals surface area contributed by atoms with Gasteiger partial charge in [0.25, 0.3) is 0 Å². The molecule has 0 bridgehead atoms. The third-order valence-corrected chi connectivity index (χ3v) is 5.17. The van der Waals surface area contributed by atoms with Gasteiger partial charge in [0, 0.05) is 37.4 Å². The van der Waals surface area contributed by atoms with Crippen LogP contribution in [0.3, 0.4) is 0 Å². The quantitative estimate of drug-likeness (QED) is 0.687. The van der Waals surface area contributed by atoms with Gasteiger partial charge in [-0.3, -0.25) is 0 Å². The van der Waals surface area contributed by atoms with Crippen molar-refractivity contribution < 1.29 is 0 Å². The Morgan fingerprint density at radius 3 is 2.50 bits per heavy atom. The zero-order valence-electron chi connectivity index (χ0n) is 14.5. The lowest BCUT2D eigenvalue weighted by Gasteiger charge is -2.31. The van der Waals surface area contributed by atoms with Crippen LogP contribution in [0.2, 0.25) is 0 Å². The number of hydrogen-bond donors (Lipinski definition) is 0. The van der Waals surface area contributed by atoms with Gasteiger partial charge in [-0.1, -0.05) is 0 Å². The molecule has 3 aromatic heterocycles. The number of rotatable bonds is 5. The van der Waals surface area contributed by atoms with Crippen LogP contribution in [-0.4, -0.2) is 52.6 Å². The molecule has 5 rings (SSSR count). The molecule has 0 N–H and O–H groups in total. The topological polar surface area (TPSA) is 90.4 Å². The molecule has 9 nitrogen and oxygen atoms in total. The Morgan fingerprint density at radius 2 is 1.81 bits per heavy atom. The molecule has 9 heteroatoms. The van der Waals surface area contributed by atoms with Crippen LogP contribution in [0, 0.1) is 0 Å². The fourth-order valence-electron chi connectivity index (χ4n) is 3.71. The maximum Gasteiger partial charge on any atom is 0.225 e. The normalized spacial score (nSPS) is 18.4. The first-order valence-electron chi connectivity index (χ1n) is 9.16. The summed E-state index contributed by atoms with van der Waals surface area (Å²) >= 11 is 0. The molecule has 2 fully saturated rings. The van der Waals surface area contributed by atoms with Crippen molar-refractivity contribution in [3.8, 4) is 0 Å². The van der Waals surface area contributed by atoms with Gasteiger partial charge in [-0.2, -0.15) is 5.10 Å². The molecular weight excluding hydrogens is 330 g/mol. The van der Waals surface area contributed by atoms with Crippen LogP contribution in [-0.2, 0) is 6.54 Å². The molecule has 134 valence electrons. The minimum absolute atomic E-state index is 0.438. The first kappa shape index (κ1) is 15.4. The third kappa shape index (κ3) is 2.93. The van der Waals surface area contributed by atoms with E-state index in [1.807, 2.05) is 10.7 Å². The Balaban J connectivity index is 1.33. The highest BCUT2D eigenvalue weighted by Crippen LogP contribution is 2.40. The van der Waals surface area contributed by atoms with Crippen molar-refractivity contribution in [2.24, 2.45) is 0 Å². The lowest BCUT2D eigenvalue weighted by Crippen LogP contribution is -2.34. The first-order valence-corrected chi connectivity index (χ1v) is 9.16. The fraction of sp³-hybridized carbons (Fsp3) is 0.529. The molecule has 4 heterocycles. The third-order valence-electron chi connectivity index (χ3n) is 5.17. The molecule has 1 saturated heterocycles. The van der Waals surface area contributed by atoms with E-state index in [1.165, 1.54) is 12.8 Å². The SMILES string of the molecule is c1cnc(N2CCC(c3nnc(Cn4cncn4)n3C3CC3)CC2)nc1. The van der Waals surface area contributed by atoms with Crippen LogP contribution in [0.5, 0.6) is 0 Å². The summed E-state index contributed by atoms with van der Waals surface area (Å²) in [5, 5.41) is 13.3. The van der Waals surface area contributed by atoms with Crippen molar-refractivity contribution in [2.75, 3.05) is 18.0 Å². The molecule has 1 aliphatic heterocycles. The summed E-state index contributed by atoms with van der Waals surface area (Å²) in [7, 11) is 0. The Morgan fingerprint density at radius 1 is 1.00 bits per heavy atom. The smallest absolute Gasteiger partial charge is 0.225 e. The Kier molecular flexibility index (Phi) is 3.84. The predicted molar refractivity (Wildman–Crippen MR) is 93.6 cm³/mol. The number of anilines is 1. The number of piperidine rings is 1. The highest BCUT2D eigenvalue weighted by molar-refractivity contribution is 5.29. The van der Waals surface area contributed by atoms with E-state index in [2.05, 4.69) is 39.7 Å². The molecular formula is C17H21N9. The molecule has 0 amide bonds. The largest absolute Gasteiger partial charge is 0.341 e. The Bertz CT molecular complexity index is 846. The molecule has 3 aromatic rings. The van der Waals surface area contributed by atoms with Crippen molar-refractivity contribution >= 4 is 5.95 Å². The van der Waals surface area contributed by atoms with E-state index in [4.69, 9.17) is 0 Å². The van der Waals surface area contributed by atoms with Crippen LogP contribution in [0.1, 0.15) is 49.3 Å². The Hall–Kier alpha value is -2.84. The maximum absolute atomic E-state index is 4.58. The van der Waals surface area contributed by atoms with Gasteiger partial charge in [-0.25, -0.2) is 19.6 Å². The lowest BCUT2D eigenvalue weighted by atomic mass is 9.96. The van der Waals surface area contributed by atoms with Crippen molar-refractivity contribution in [1.29, 1.82) is 0 Å². The fourth-order valence-corrected chi connectivity index (χ4v) is 3.71. The van der Waals surface area contributed by atoms with Crippen molar-refractivity contribution in [2.45, 2.75) is 44.2 Å². The minimum atomic E-state index is 0.438. The highest BCUT2D eigenvalue weighted by atomic mass is 15.4. The molecule has 0 radical (unpaired) electrons. The zero-order valence-corrected chi connectivity index (χ0v) is 14.5. The molecule has 1 saturated carbocycles. The van der Waals surface area contributed by atoms with Crippen molar-refractivity contribution in [3.05, 3.63) is 42.8 Å². The summed E-state index contributed by atoms with van der Waals surface area (Å²) in [4.78, 5) is 15.0. The van der Waals surface area contributed by atoms with Crippen molar-refractivity contribution in [3.63, 3.8) is 0 Å². The second kappa shape index (κ2) is 6.47. The molecule has 0 aromatic carbocycles. The summed E-state index contributed by atoms with van der Waals surface area (Å²) in [6.45, 7) is 2.52. The summed E-state index contributed by atoms with van der Waals surface area (Å²) in [5.74, 6) is 3.38. The van der Waals surface area contributed by atoms with Gasteiger partial charge in [-0.15, -0.1) is 10.2 Å². The molecule has 0 unspecified atom stereocenters. The van der Waals surface area contributed by atoms with Gasteiger partial charge in [0.2, 0.25) is 5.95 Å². The van der Waals surface area contributed by atoms with Crippen LogP contribution in [0.15, 0.2) is 31.1 Å². The summed E-state index contributed by atoms with van der Waals surface area (Å²) in [6.07, 6.45) is 11.4. The van der Waals surface area contributed by atoms with E-state index in [0.717, 1.165) is 43.5 Å². The van der Waals surface area contributed by atoms with E-state index in [9.17, 15) is 0 Å². The second-order valence-electron chi connectivity index (χ2n) is 6.98.